The van der Waals surface area contributed by atoms with Crippen LogP contribution in [0.2, 0.25) is 0 Å². The van der Waals surface area contributed by atoms with E-state index in [1.54, 1.807) is 22.4 Å². The molecule has 0 saturated carbocycles. The van der Waals surface area contributed by atoms with Crippen molar-refractivity contribution in [3.05, 3.63) is 45.7 Å². The van der Waals surface area contributed by atoms with Crippen LogP contribution in [0.1, 0.15) is 42.6 Å². The number of hydrogen-bond donors (Lipinski definition) is 0. The number of amides is 1. The maximum atomic E-state index is 11.4. The minimum Gasteiger partial charge on any atom is -0.334 e. The molecule has 5 heteroatoms. The van der Waals surface area contributed by atoms with Crippen LogP contribution in [-0.4, -0.2) is 21.3 Å². The van der Waals surface area contributed by atoms with Crippen LogP contribution >= 0.6 is 11.3 Å². The van der Waals surface area contributed by atoms with Gasteiger partial charge in [0, 0.05) is 30.0 Å². The topological polar surface area (TPSA) is 46.1 Å². The first-order valence-corrected chi connectivity index (χ1v) is 7.82. The van der Waals surface area contributed by atoms with Gasteiger partial charge in [0.1, 0.15) is 5.01 Å². The van der Waals surface area contributed by atoms with E-state index in [0.717, 1.165) is 22.7 Å². The summed E-state index contributed by atoms with van der Waals surface area (Å²) in [5.41, 5.74) is 3.34. The second-order valence-electron chi connectivity index (χ2n) is 6.18. The fraction of sp³-hybridized carbons (Fsp3) is 0.438. The normalized spacial score (nSPS) is 11.4. The Morgan fingerprint density at radius 1 is 1.33 bits per heavy atom. The average Bonchev–Trinajstić information content (AvgIpc) is 2.83. The predicted octanol–water partition coefficient (Wildman–Crippen LogP) is 3.30. The standard InChI is InChI=1S/C16H21N3OS/c1-12-10-21-15(18-12)9-19(11-20)8-13-7-17-6-5-14(13)16(2,3)4/h5-7,10-11H,8-9H2,1-4H3. The zero-order valence-corrected chi connectivity index (χ0v) is 13.8. The van der Waals surface area contributed by atoms with Gasteiger partial charge in [-0.3, -0.25) is 9.78 Å². The molecule has 2 heterocycles. The molecule has 2 rings (SSSR count). The second kappa shape index (κ2) is 6.35. The van der Waals surface area contributed by atoms with Gasteiger partial charge < -0.3 is 4.90 Å². The second-order valence-corrected chi connectivity index (χ2v) is 7.12. The average molecular weight is 303 g/mol. The van der Waals surface area contributed by atoms with E-state index in [9.17, 15) is 4.79 Å². The molecular formula is C16H21N3OS. The summed E-state index contributed by atoms with van der Waals surface area (Å²) < 4.78 is 0. The highest BCUT2D eigenvalue weighted by Gasteiger charge is 2.19. The molecule has 21 heavy (non-hydrogen) atoms. The molecule has 0 unspecified atom stereocenters. The number of rotatable bonds is 5. The molecule has 0 atom stereocenters. The molecule has 0 aliphatic rings. The highest BCUT2D eigenvalue weighted by Crippen LogP contribution is 2.26. The van der Waals surface area contributed by atoms with E-state index in [4.69, 9.17) is 0 Å². The molecule has 4 nitrogen and oxygen atoms in total. The van der Waals surface area contributed by atoms with Crippen molar-refractivity contribution in [2.75, 3.05) is 0 Å². The third-order valence-corrected chi connectivity index (χ3v) is 4.19. The molecule has 0 N–H and O–H groups in total. The van der Waals surface area contributed by atoms with Gasteiger partial charge in [0.2, 0.25) is 6.41 Å². The SMILES string of the molecule is Cc1csc(CN(C=O)Cc2cnccc2C(C)(C)C)n1. The molecule has 112 valence electrons. The van der Waals surface area contributed by atoms with Gasteiger partial charge in [-0.05, 0) is 29.5 Å². The molecule has 2 aromatic heterocycles. The number of hydrogen-bond acceptors (Lipinski definition) is 4. The van der Waals surface area contributed by atoms with Crippen LogP contribution in [0, 0.1) is 6.92 Å². The maximum Gasteiger partial charge on any atom is 0.210 e. The van der Waals surface area contributed by atoms with Crippen LogP contribution in [0.4, 0.5) is 0 Å². The lowest BCUT2D eigenvalue weighted by atomic mass is 9.84. The quantitative estimate of drug-likeness (QED) is 0.796. The third-order valence-electron chi connectivity index (χ3n) is 3.24. The Kier molecular flexibility index (Phi) is 4.73. The maximum absolute atomic E-state index is 11.4. The van der Waals surface area contributed by atoms with Crippen molar-refractivity contribution in [1.82, 2.24) is 14.9 Å². The van der Waals surface area contributed by atoms with Crippen LogP contribution in [0.25, 0.3) is 0 Å². The zero-order chi connectivity index (χ0) is 15.5. The van der Waals surface area contributed by atoms with E-state index in [-0.39, 0.29) is 5.41 Å². The highest BCUT2D eigenvalue weighted by atomic mass is 32.1. The van der Waals surface area contributed by atoms with Crippen LogP contribution in [0.3, 0.4) is 0 Å². The minimum atomic E-state index is 0.0323. The third kappa shape index (κ3) is 4.11. The van der Waals surface area contributed by atoms with Gasteiger partial charge in [-0.1, -0.05) is 20.8 Å². The summed E-state index contributed by atoms with van der Waals surface area (Å²) in [5, 5.41) is 2.96. The van der Waals surface area contributed by atoms with Crippen molar-refractivity contribution < 1.29 is 4.79 Å². The largest absolute Gasteiger partial charge is 0.334 e. The van der Waals surface area contributed by atoms with E-state index < -0.39 is 0 Å². The first kappa shape index (κ1) is 15.6. The van der Waals surface area contributed by atoms with Gasteiger partial charge in [-0.15, -0.1) is 11.3 Å². The van der Waals surface area contributed by atoms with E-state index in [0.29, 0.717) is 13.1 Å². The molecule has 1 amide bonds. The predicted molar refractivity (Wildman–Crippen MR) is 85.1 cm³/mol. The lowest BCUT2D eigenvalue weighted by Gasteiger charge is -2.25. The van der Waals surface area contributed by atoms with Crippen LogP contribution in [-0.2, 0) is 23.3 Å². The fourth-order valence-corrected chi connectivity index (χ4v) is 3.08. The van der Waals surface area contributed by atoms with Crippen LogP contribution in [0.5, 0.6) is 0 Å². The molecule has 0 aromatic carbocycles. The first-order chi connectivity index (χ1) is 9.90. The summed E-state index contributed by atoms with van der Waals surface area (Å²) in [6, 6.07) is 2.03. The lowest BCUT2D eigenvalue weighted by Crippen LogP contribution is -2.24. The van der Waals surface area contributed by atoms with Gasteiger partial charge >= 0.3 is 0 Å². The number of aryl methyl sites for hydroxylation is 1. The van der Waals surface area contributed by atoms with E-state index >= 15 is 0 Å². The Balaban J connectivity index is 2.17. The van der Waals surface area contributed by atoms with Crippen molar-refractivity contribution >= 4 is 17.7 Å². The van der Waals surface area contributed by atoms with Gasteiger partial charge in [0.05, 0.1) is 6.54 Å². The molecule has 0 radical (unpaired) electrons. The van der Waals surface area contributed by atoms with E-state index in [1.165, 1.54) is 5.56 Å². The fourth-order valence-electron chi connectivity index (χ4n) is 2.28. The Bertz CT molecular complexity index is 616. The Morgan fingerprint density at radius 2 is 2.10 bits per heavy atom. The van der Waals surface area contributed by atoms with Crippen LogP contribution in [0.15, 0.2) is 23.8 Å². The van der Waals surface area contributed by atoms with E-state index in [2.05, 4.69) is 30.7 Å². The summed E-state index contributed by atoms with van der Waals surface area (Å²) in [6.07, 6.45) is 4.54. The van der Waals surface area contributed by atoms with E-state index in [1.807, 2.05) is 24.6 Å². The number of nitrogens with zero attached hydrogens (tertiary/aromatic N) is 3. The highest BCUT2D eigenvalue weighted by molar-refractivity contribution is 7.09. The Labute approximate surface area is 129 Å². The summed E-state index contributed by atoms with van der Waals surface area (Å²) in [6.45, 7) is 9.57. The van der Waals surface area contributed by atoms with Gasteiger partial charge in [-0.25, -0.2) is 4.98 Å². The zero-order valence-electron chi connectivity index (χ0n) is 13.0. The molecule has 2 aromatic rings. The molecule has 0 bridgehead atoms. The summed E-state index contributed by atoms with van der Waals surface area (Å²) in [5.74, 6) is 0. The molecule has 0 aliphatic heterocycles. The minimum absolute atomic E-state index is 0.0323. The first-order valence-electron chi connectivity index (χ1n) is 6.94. The summed E-state index contributed by atoms with van der Waals surface area (Å²) in [4.78, 5) is 21.7. The molecule has 0 spiro atoms. The van der Waals surface area contributed by atoms with Crippen molar-refractivity contribution in [3.63, 3.8) is 0 Å². The Morgan fingerprint density at radius 3 is 2.67 bits per heavy atom. The van der Waals surface area contributed by atoms with Crippen molar-refractivity contribution in [3.8, 4) is 0 Å². The van der Waals surface area contributed by atoms with Crippen molar-refractivity contribution in [2.45, 2.75) is 46.2 Å². The number of aromatic nitrogens is 2. The van der Waals surface area contributed by atoms with Gasteiger partial charge in [-0.2, -0.15) is 0 Å². The molecule has 0 saturated heterocycles. The molecule has 0 fully saturated rings. The summed E-state index contributed by atoms with van der Waals surface area (Å²) >= 11 is 1.59. The van der Waals surface area contributed by atoms with Crippen molar-refractivity contribution in [2.24, 2.45) is 0 Å². The van der Waals surface area contributed by atoms with Crippen molar-refractivity contribution in [1.29, 1.82) is 0 Å². The number of carbonyl (C=O) groups excluding carboxylic acids is 1. The summed E-state index contributed by atoms with van der Waals surface area (Å²) in [7, 11) is 0. The number of pyridine rings is 1. The van der Waals surface area contributed by atoms with Crippen LogP contribution < -0.4 is 0 Å². The van der Waals surface area contributed by atoms with Gasteiger partial charge in [0.15, 0.2) is 0 Å². The molecule has 0 aliphatic carbocycles. The number of thiazole rings is 1. The van der Waals surface area contributed by atoms with Gasteiger partial charge in [0.25, 0.3) is 0 Å². The number of carbonyl (C=O) groups is 1. The smallest absolute Gasteiger partial charge is 0.210 e. The lowest BCUT2D eigenvalue weighted by molar-refractivity contribution is -0.119. The molecular weight excluding hydrogens is 282 g/mol. The Hall–Kier alpha value is -1.75. The monoisotopic (exact) mass is 303 g/mol.